The van der Waals surface area contributed by atoms with E-state index in [2.05, 4.69) is 36.1 Å². The van der Waals surface area contributed by atoms with Crippen LogP contribution in [0.1, 0.15) is 90.7 Å². The van der Waals surface area contributed by atoms with Crippen molar-refractivity contribution in [2.45, 2.75) is 112 Å². The van der Waals surface area contributed by atoms with E-state index in [0.29, 0.717) is 55.0 Å². The van der Waals surface area contributed by atoms with Crippen molar-refractivity contribution in [3.63, 3.8) is 0 Å². The quantitative estimate of drug-likeness (QED) is 0.254. The Morgan fingerprint density at radius 3 is 2.43 bits per heavy atom. The molecule has 1 N–H and O–H groups in total. The third-order valence-corrected chi connectivity index (χ3v) is 8.47. The summed E-state index contributed by atoms with van der Waals surface area (Å²) in [6, 6.07) is 8.57. The number of benzene rings is 1. The second-order valence-corrected chi connectivity index (χ2v) is 14.5. The predicted molar refractivity (Wildman–Crippen MR) is 171 cm³/mol. The third-order valence-electron chi connectivity index (χ3n) is 8.18. The fourth-order valence-electron chi connectivity index (χ4n) is 6.06. The number of anilines is 2. The van der Waals surface area contributed by atoms with Crippen molar-refractivity contribution >= 4 is 29.2 Å². The van der Waals surface area contributed by atoms with Gasteiger partial charge in [0.25, 0.3) is 0 Å². The zero-order valence-corrected chi connectivity index (χ0v) is 28.2. The summed E-state index contributed by atoms with van der Waals surface area (Å²) in [5.74, 6) is -0.573. The molecule has 240 valence electrons. The van der Waals surface area contributed by atoms with Crippen LogP contribution >= 0.6 is 11.6 Å². The minimum absolute atomic E-state index is 0.0670. The molecule has 0 radical (unpaired) electrons. The molecule has 0 amide bonds. The van der Waals surface area contributed by atoms with Crippen molar-refractivity contribution in [2.24, 2.45) is 5.41 Å². The molecule has 4 rings (SSSR count). The fourth-order valence-corrected chi connectivity index (χ4v) is 6.25. The number of esters is 1. The van der Waals surface area contributed by atoms with Gasteiger partial charge in [-0.2, -0.15) is 5.10 Å². The number of nitrogens with zero attached hydrogens (tertiary/aromatic N) is 4. The number of carbonyl (C=O) groups excluding carboxylic acids is 1. The number of likely N-dealkylation sites (tertiary alicyclic amines) is 1. The van der Waals surface area contributed by atoms with Crippen LogP contribution in [0.15, 0.2) is 30.3 Å². The summed E-state index contributed by atoms with van der Waals surface area (Å²) in [5, 5.41) is 7.84. The maximum Gasteiger partial charge on any atom is 0.313 e. The number of nitrogens with one attached hydrogen (secondary N) is 1. The molecule has 1 aromatic carbocycles. The van der Waals surface area contributed by atoms with Gasteiger partial charge in [-0.25, -0.2) is 13.8 Å². The molecular formula is C34H46ClF2N5O2. The number of piperidine rings is 1. The Kier molecular flexibility index (Phi) is 9.81. The molecule has 44 heavy (non-hydrogen) atoms. The molecule has 1 fully saturated rings. The SMILES string of the molecule is CCc1cc(CC2(C(=O)OC(C)(C)C)CCN(Cc3cccc(Cl)c3F)C(C)C2)nc(Nc2cc(C)n(C(C)(C)C)n2)c1F. The number of ether oxygens (including phenoxy) is 1. The van der Waals surface area contributed by atoms with Crippen LogP contribution in [0.25, 0.3) is 0 Å². The molecule has 7 nitrogen and oxygen atoms in total. The average molecular weight is 630 g/mol. The highest BCUT2D eigenvalue weighted by molar-refractivity contribution is 6.30. The second kappa shape index (κ2) is 12.8. The summed E-state index contributed by atoms with van der Waals surface area (Å²) in [4.78, 5) is 20.8. The van der Waals surface area contributed by atoms with E-state index in [0.717, 1.165) is 5.69 Å². The van der Waals surface area contributed by atoms with Gasteiger partial charge in [0, 0.05) is 42.0 Å². The highest BCUT2D eigenvalue weighted by atomic mass is 35.5. The monoisotopic (exact) mass is 629 g/mol. The van der Waals surface area contributed by atoms with Gasteiger partial charge in [0.1, 0.15) is 11.4 Å². The number of aromatic nitrogens is 3. The van der Waals surface area contributed by atoms with Crippen molar-refractivity contribution in [1.29, 1.82) is 0 Å². The molecule has 3 aromatic rings. The smallest absolute Gasteiger partial charge is 0.313 e. The van der Waals surface area contributed by atoms with Gasteiger partial charge in [0.15, 0.2) is 17.5 Å². The number of hydrogen-bond donors (Lipinski definition) is 1. The van der Waals surface area contributed by atoms with Crippen LogP contribution in [0, 0.1) is 24.0 Å². The van der Waals surface area contributed by atoms with Crippen molar-refractivity contribution in [3.05, 3.63) is 69.5 Å². The Morgan fingerprint density at radius 2 is 1.84 bits per heavy atom. The lowest BCUT2D eigenvalue weighted by atomic mass is 9.72. The van der Waals surface area contributed by atoms with E-state index in [-0.39, 0.29) is 34.8 Å². The lowest BCUT2D eigenvalue weighted by molar-refractivity contribution is -0.172. The summed E-state index contributed by atoms with van der Waals surface area (Å²) in [5.41, 5.74) is 0.742. The average Bonchev–Trinajstić information content (AvgIpc) is 3.29. The van der Waals surface area contributed by atoms with Gasteiger partial charge in [-0.15, -0.1) is 0 Å². The summed E-state index contributed by atoms with van der Waals surface area (Å²) >= 11 is 6.04. The minimum atomic E-state index is -0.895. The van der Waals surface area contributed by atoms with E-state index in [1.807, 2.05) is 52.3 Å². The van der Waals surface area contributed by atoms with E-state index < -0.39 is 22.7 Å². The van der Waals surface area contributed by atoms with E-state index in [1.165, 1.54) is 6.07 Å². The number of rotatable bonds is 8. The van der Waals surface area contributed by atoms with Gasteiger partial charge in [-0.3, -0.25) is 14.4 Å². The largest absolute Gasteiger partial charge is 0.460 e. The van der Waals surface area contributed by atoms with Crippen LogP contribution in [0.5, 0.6) is 0 Å². The Labute approximate surface area is 265 Å². The lowest BCUT2D eigenvalue weighted by Crippen LogP contribution is -2.51. The first kappa shape index (κ1) is 33.8. The van der Waals surface area contributed by atoms with Gasteiger partial charge in [0.05, 0.1) is 16.0 Å². The summed E-state index contributed by atoms with van der Waals surface area (Å²) in [6.45, 7) is 18.5. The zero-order chi connectivity index (χ0) is 32.6. The molecule has 3 heterocycles. The standard InChI is InChI=1S/C34H46ClF2N5O2/c1-10-23-17-25(38-30(29(23)37)39-27-16-21(2)42(40-27)32(4,5)6)19-34(31(43)44-33(7,8)9)14-15-41(22(3)18-34)20-24-12-11-13-26(35)28(24)36/h11-13,16-17,22H,10,14-15,18-20H2,1-9H3,(H,38,39,40). The summed E-state index contributed by atoms with van der Waals surface area (Å²) < 4.78 is 38.2. The topological polar surface area (TPSA) is 72.3 Å². The fraction of sp³-hybridized carbons (Fsp3) is 0.559. The van der Waals surface area contributed by atoms with E-state index in [1.54, 1.807) is 18.2 Å². The molecule has 0 aliphatic carbocycles. The van der Waals surface area contributed by atoms with Gasteiger partial charge in [-0.1, -0.05) is 30.7 Å². The zero-order valence-electron chi connectivity index (χ0n) is 27.4. The summed E-state index contributed by atoms with van der Waals surface area (Å²) in [7, 11) is 0. The maximum absolute atomic E-state index is 15.6. The number of aryl methyl sites for hydroxylation is 2. The number of carbonyl (C=O) groups is 1. The molecule has 1 aliphatic heterocycles. The van der Waals surface area contributed by atoms with Crippen molar-refractivity contribution in [2.75, 3.05) is 11.9 Å². The molecule has 2 atom stereocenters. The van der Waals surface area contributed by atoms with Crippen LogP contribution in [-0.2, 0) is 34.5 Å². The molecule has 2 unspecified atom stereocenters. The van der Waals surface area contributed by atoms with Gasteiger partial charge >= 0.3 is 5.97 Å². The Morgan fingerprint density at radius 1 is 1.14 bits per heavy atom. The van der Waals surface area contributed by atoms with Crippen LogP contribution in [-0.4, -0.2) is 43.8 Å². The Balaban J connectivity index is 1.66. The van der Waals surface area contributed by atoms with Crippen LogP contribution in [0.2, 0.25) is 5.02 Å². The van der Waals surface area contributed by atoms with Crippen molar-refractivity contribution in [1.82, 2.24) is 19.7 Å². The maximum atomic E-state index is 15.6. The highest BCUT2D eigenvalue weighted by Crippen LogP contribution is 2.41. The molecule has 0 saturated carbocycles. The Bertz CT molecular complexity index is 1510. The lowest BCUT2D eigenvalue weighted by Gasteiger charge is -2.45. The van der Waals surface area contributed by atoms with Gasteiger partial charge in [-0.05, 0) is 98.9 Å². The van der Waals surface area contributed by atoms with E-state index in [4.69, 9.17) is 21.3 Å². The predicted octanol–water partition coefficient (Wildman–Crippen LogP) is 8.13. The van der Waals surface area contributed by atoms with E-state index in [9.17, 15) is 9.18 Å². The van der Waals surface area contributed by atoms with Gasteiger partial charge in [0.2, 0.25) is 0 Å². The number of pyridine rings is 1. The van der Waals surface area contributed by atoms with Gasteiger partial charge < -0.3 is 10.1 Å². The van der Waals surface area contributed by atoms with Crippen LogP contribution in [0.4, 0.5) is 20.4 Å². The third kappa shape index (κ3) is 7.60. The molecule has 0 bridgehead atoms. The number of halogens is 3. The Hall–Kier alpha value is -3.04. The van der Waals surface area contributed by atoms with Crippen molar-refractivity contribution in [3.8, 4) is 0 Å². The summed E-state index contributed by atoms with van der Waals surface area (Å²) in [6.07, 6.45) is 1.69. The molecular weight excluding hydrogens is 584 g/mol. The highest BCUT2D eigenvalue weighted by Gasteiger charge is 2.47. The minimum Gasteiger partial charge on any atom is -0.460 e. The normalized spacial score (nSPS) is 19.7. The first-order valence-corrected chi connectivity index (χ1v) is 15.7. The molecule has 0 spiro atoms. The number of hydrogen-bond acceptors (Lipinski definition) is 6. The van der Waals surface area contributed by atoms with Crippen molar-refractivity contribution < 1.29 is 18.3 Å². The molecule has 1 saturated heterocycles. The molecule has 2 aromatic heterocycles. The second-order valence-electron chi connectivity index (χ2n) is 14.1. The van der Waals surface area contributed by atoms with Crippen LogP contribution in [0.3, 0.4) is 0 Å². The van der Waals surface area contributed by atoms with Crippen LogP contribution < -0.4 is 5.32 Å². The first-order chi connectivity index (χ1) is 20.4. The first-order valence-electron chi connectivity index (χ1n) is 15.4. The van der Waals surface area contributed by atoms with E-state index >= 15 is 4.39 Å². The molecule has 10 heteroatoms. The molecule has 1 aliphatic rings.